The topological polar surface area (TPSA) is 101 Å². The van der Waals surface area contributed by atoms with Crippen molar-refractivity contribution in [3.63, 3.8) is 0 Å². The molecule has 1 saturated heterocycles. The van der Waals surface area contributed by atoms with E-state index in [1.54, 1.807) is 36.4 Å². The van der Waals surface area contributed by atoms with E-state index in [1.807, 2.05) is 12.1 Å². The first-order valence-corrected chi connectivity index (χ1v) is 9.99. The molecular formula is C19H22N4O5S. The van der Waals surface area contributed by atoms with Crippen molar-refractivity contribution >= 4 is 40.1 Å². The van der Waals surface area contributed by atoms with Crippen molar-refractivity contribution in [3.05, 3.63) is 35.3 Å². The summed E-state index contributed by atoms with van der Waals surface area (Å²) < 4.78 is 10.2. The number of anilines is 2. The Morgan fingerprint density at radius 3 is 2.83 bits per heavy atom. The summed E-state index contributed by atoms with van der Waals surface area (Å²) in [5.41, 5.74) is 1.20. The summed E-state index contributed by atoms with van der Waals surface area (Å²) >= 11 is 1.22. The summed E-state index contributed by atoms with van der Waals surface area (Å²) in [6.45, 7) is 2.85. The third kappa shape index (κ3) is 5.02. The van der Waals surface area contributed by atoms with Crippen LogP contribution in [0.5, 0.6) is 5.75 Å². The van der Waals surface area contributed by atoms with Crippen LogP contribution in [0.2, 0.25) is 0 Å². The summed E-state index contributed by atoms with van der Waals surface area (Å²) in [6.07, 6.45) is 0.0543. The number of thiazole rings is 1. The number of amides is 3. The molecule has 154 valence electrons. The Morgan fingerprint density at radius 2 is 2.07 bits per heavy atom. The van der Waals surface area contributed by atoms with Crippen molar-refractivity contribution in [2.45, 2.75) is 13.3 Å². The van der Waals surface area contributed by atoms with Gasteiger partial charge < -0.3 is 19.7 Å². The first kappa shape index (κ1) is 20.6. The van der Waals surface area contributed by atoms with Crippen LogP contribution in [0.15, 0.2) is 29.6 Å². The summed E-state index contributed by atoms with van der Waals surface area (Å²) in [7, 11) is 1.55. The monoisotopic (exact) mass is 418 g/mol. The second-order valence-electron chi connectivity index (χ2n) is 6.20. The summed E-state index contributed by atoms with van der Waals surface area (Å²) in [5, 5.41) is 4.74. The van der Waals surface area contributed by atoms with Gasteiger partial charge in [0.1, 0.15) is 12.3 Å². The average molecular weight is 418 g/mol. The van der Waals surface area contributed by atoms with Gasteiger partial charge in [0.15, 0.2) is 5.13 Å². The van der Waals surface area contributed by atoms with Gasteiger partial charge in [0, 0.05) is 18.5 Å². The molecule has 2 heterocycles. The van der Waals surface area contributed by atoms with E-state index in [4.69, 9.17) is 9.47 Å². The first-order chi connectivity index (χ1) is 14.0. The molecule has 29 heavy (non-hydrogen) atoms. The highest BCUT2D eigenvalue weighted by Gasteiger charge is 2.32. The largest absolute Gasteiger partial charge is 0.495 e. The molecule has 1 aromatic carbocycles. The summed E-state index contributed by atoms with van der Waals surface area (Å²) in [4.78, 5) is 43.8. The first-order valence-electron chi connectivity index (χ1n) is 9.11. The fourth-order valence-electron chi connectivity index (χ4n) is 2.94. The Kier molecular flexibility index (Phi) is 6.65. The third-order valence-electron chi connectivity index (χ3n) is 4.23. The Bertz CT molecular complexity index is 900. The summed E-state index contributed by atoms with van der Waals surface area (Å²) in [5.74, 6) is -0.115. The Labute approximate surface area is 172 Å². The van der Waals surface area contributed by atoms with E-state index in [2.05, 4.69) is 10.3 Å². The molecule has 9 nitrogen and oxygen atoms in total. The van der Waals surface area contributed by atoms with Crippen molar-refractivity contribution < 1.29 is 23.9 Å². The fraction of sp³-hybridized carbons (Fsp3) is 0.368. The van der Waals surface area contributed by atoms with Crippen LogP contribution in [0.1, 0.15) is 12.6 Å². The number of carbonyl (C=O) groups excluding carboxylic acids is 3. The Balaban J connectivity index is 1.56. The van der Waals surface area contributed by atoms with Crippen molar-refractivity contribution in [1.82, 2.24) is 9.88 Å². The number of hydrogen-bond donors (Lipinski definition) is 1. The van der Waals surface area contributed by atoms with Crippen LogP contribution in [-0.4, -0.2) is 61.1 Å². The fourth-order valence-corrected chi connectivity index (χ4v) is 3.67. The highest BCUT2D eigenvalue weighted by molar-refractivity contribution is 7.13. The molecule has 2 aromatic rings. The van der Waals surface area contributed by atoms with Crippen molar-refractivity contribution in [3.8, 4) is 5.75 Å². The molecule has 10 heteroatoms. The zero-order valence-electron chi connectivity index (χ0n) is 16.2. The molecule has 0 unspecified atom stereocenters. The number of benzene rings is 1. The molecule has 1 N–H and O–H groups in total. The predicted molar refractivity (Wildman–Crippen MR) is 108 cm³/mol. The molecule has 3 amide bonds. The Hall–Kier alpha value is -3.14. The number of methoxy groups -OCH3 is 1. The van der Waals surface area contributed by atoms with Gasteiger partial charge in [0.25, 0.3) is 0 Å². The zero-order valence-corrected chi connectivity index (χ0v) is 17.0. The minimum atomic E-state index is -0.366. The number of aromatic nitrogens is 1. The minimum absolute atomic E-state index is 0.0543. The molecular weight excluding hydrogens is 396 g/mol. The maximum absolute atomic E-state index is 12.7. The van der Waals surface area contributed by atoms with Crippen LogP contribution in [-0.2, 0) is 20.7 Å². The highest BCUT2D eigenvalue weighted by Crippen LogP contribution is 2.30. The number of esters is 1. The van der Waals surface area contributed by atoms with Gasteiger partial charge in [-0.25, -0.2) is 9.78 Å². The van der Waals surface area contributed by atoms with Gasteiger partial charge in [-0.2, -0.15) is 0 Å². The van der Waals surface area contributed by atoms with Gasteiger partial charge in [-0.05, 0) is 19.1 Å². The van der Waals surface area contributed by atoms with Crippen molar-refractivity contribution in [2.75, 3.05) is 43.6 Å². The lowest BCUT2D eigenvalue weighted by atomic mass is 10.2. The van der Waals surface area contributed by atoms with Crippen LogP contribution in [0.3, 0.4) is 0 Å². The molecule has 0 radical (unpaired) electrons. The maximum atomic E-state index is 12.7. The standard InChI is InChI=1S/C19H22N4O5S/c1-3-28-17(25)10-13-12-29-18(20-13)21-16(24)11-22-8-9-23(19(22)26)14-6-4-5-7-15(14)27-2/h4-7,12H,3,8-11H2,1-2H3,(H,20,21,24). The molecule has 1 aliphatic rings. The normalized spacial score (nSPS) is 13.5. The molecule has 0 spiro atoms. The van der Waals surface area contributed by atoms with Gasteiger partial charge in [0.2, 0.25) is 5.91 Å². The van der Waals surface area contributed by atoms with Gasteiger partial charge in [-0.3, -0.25) is 14.5 Å². The number of nitrogens with one attached hydrogen (secondary N) is 1. The number of para-hydroxylation sites is 2. The van der Waals surface area contributed by atoms with Crippen LogP contribution in [0, 0.1) is 0 Å². The SMILES string of the molecule is CCOC(=O)Cc1csc(NC(=O)CN2CCN(c3ccccc3OC)C2=O)n1. The lowest BCUT2D eigenvalue weighted by molar-refractivity contribution is -0.142. The maximum Gasteiger partial charge on any atom is 0.325 e. The lowest BCUT2D eigenvalue weighted by Crippen LogP contribution is -2.37. The van der Waals surface area contributed by atoms with Gasteiger partial charge in [-0.1, -0.05) is 12.1 Å². The van der Waals surface area contributed by atoms with Crippen LogP contribution in [0.25, 0.3) is 0 Å². The van der Waals surface area contributed by atoms with Crippen molar-refractivity contribution in [2.24, 2.45) is 0 Å². The van der Waals surface area contributed by atoms with E-state index >= 15 is 0 Å². The minimum Gasteiger partial charge on any atom is -0.495 e. The van der Waals surface area contributed by atoms with Gasteiger partial charge in [-0.15, -0.1) is 11.3 Å². The van der Waals surface area contributed by atoms with Crippen LogP contribution >= 0.6 is 11.3 Å². The summed E-state index contributed by atoms with van der Waals surface area (Å²) in [6, 6.07) is 7.00. The average Bonchev–Trinajstić information content (AvgIpc) is 3.28. The molecule has 0 bridgehead atoms. The van der Waals surface area contributed by atoms with E-state index in [9.17, 15) is 14.4 Å². The molecule has 0 saturated carbocycles. The van der Waals surface area contributed by atoms with E-state index in [-0.39, 0.29) is 30.9 Å². The molecule has 1 fully saturated rings. The molecule has 0 atom stereocenters. The molecule has 1 aromatic heterocycles. The number of rotatable bonds is 8. The number of carbonyl (C=O) groups is 3. The number of ether oxygens (including phenoxy) is 2. The number of nitrogens with zero attached hydrogens (tertiary/aromatic N) is 3. The highest BCUT2D eigenvalue weighted by atomic mass is 32.1. The number of hydrogen-bond acceptors (Lipinski definition) is 7. The Morgan fingerprint density at radius 1 is 1.28 bits per heavy atom. The van der Waals surface area contributed by atoms with E-state index < -0.39 is 0 Å². The molecule has 3 rings (SSSR count). The van der Waals surface area contributed by atoms with Crippen LogP contribution < -0.4 is 15.0 Å². The van der Waals surface area contributed by atoms with E-state index in [1.165, 1.54) is 16.2 Å². The lowest BCUT2D eigenvalue weighted by Gasteiger charge is -2.20. The number of urea groups is 1. The van der Waals surface area contributed by atoms with E-state index in [0.717, 1.165) is 0 Å². The molecule has 0 aliphatic carbocycles. The van der Waals surface area contributed by atoms with Gasteiger partial charge in [0.05, 0.1) is 31.5 Å². The second kappa shape index (κ2) is 9.37. The third-order valence-corrected chi connectivity index (χ3v) is 5.04. The molecule has 1 aliphatic heterocycles. The smallest absolute Gasteiger partial charge is 0.325 e. The van der Waals surface area contributed by atoms with E-state index in [0.29, 0.717) is 42.0 Å². The van der Waals surface area contributed by atoms with Gasteiger partial charge >= 0.3 is 12.0 Å². The predicted octanol–water partition coefficient (Wildman–Crippen LogP) is 2.14. The van der Waals surface area contributed by atoms with Crippen molar-refractivity contribution in [1.29, 1.82) is 0 Å². The zero-order chi connectivity index (χ0) is 20.8. The quantitative estimate of drug-likeness (QED) is 0.659. The van der Waals surface area contributed by atoms with Crippen LogP contribution in [0.4, 0.5) is 15.6 Å². The second-order valence-corrected chi connectivity index (χ2v) is 7.06.